The van der Waals surface area contributed by atoms with Crippen molar-refractivity contribution in [3.8, 4) is 5.69 Å². The summed E-state index contributed by atoms with van der Waals surface area (Å²) in [6.45, 7) is 4.38. The number of carbonyl (C=O) groups excluding carboxylic acids is 1. The van der Waals surface area contributed by atoms with Crippen molar-refractivity contribution < 1.29 is 9.53 Å². The molecule has 1 saturated heterocycles. The molecule has 5 rings (SSSR count). The zero-order chi connectivity index (χ0) is 20.5. The van der Waals surface area contributed by atoms with Gasteiger partial charge in [-0.3, -0.25) is 4.79 Å². The van der Waals surface area contributed by atoms with E-state index in [1.807, 2.05) is 21.8 Å². The Balaban J connectivity index is 1.39. The smallest absolute Gasteiger partial charge is 0.254 e. The van der Waals surface area contributed by atoms with Gasteiger partial charge in [-0.1, -0.05) is 25.1 Å². The molecule has 0 spiro atoms. The van der Waals surface area contributed by atoms with Crippen molar-refractivity contribution in [3.05, 3.63) is 82.7 Å². The van der Waals surface area contributed by atoms with Gasteiger partial charge >= 0.3 is 0 Å². The number of nitrogens with zero attached hydrogens (tertiary/aromatic N) is 3. The zero-order valence-corrected chi connectivity index (χ0v) is 17.4. The van der Waals surface area contributed by atoms with Crippen LogP contribution < -0.4 is 0 Å². The van der Waals surface area contributed by atoms with Gasteiger partial charge in [-0.2, -0.15) is 5.10 Å². The monoisotopic (exact) mass is 401 g/mol. The van der Waals surface area contributed by atoms with Gasteiger partial charge < -0.3 is 9.64 Å². The number of amides is 1. The average molecular weight is 402 g/mol. The number of benzene rings is 2. The first-order valence-electron chi connectivity index (χ1n) is 10.9. The molecule has 0 saturated carbocycles. The summed E-state index contributed by atoms with van der Waals surface area (Å²) in [7, 11) is 0. The molecule has 3 aromatic rings. The van der Waals surface area contributed by atoms with Gasteiger partial charge in [0.2, 0.25) is 0 Å². The molecule has 3 heterocycles. The van der Waals surface area contributed by atoms with Crippen molar-refractivity contribution in [2.45, 2.75) is 45.2 Å². The fraction of sp³-hybridized carbons (Fsp3) is 0.360. The van der Waals surface area contributed by atoms with Crippen LogP contribution in [0.2, 0.25) is 0 Å². The van der Waals surface area contributed by atoms with E-state index in [1.54, 1.807) is 6.20 Å². The van der Waals surface area contributed by atoms with Crippen LogP contribution in [0.25, 0.3) is 5.69 Å². The number of ether oxygens (including phenoxy) is 1. The van der Waals surface area contributed by atoms with E-state index in [0.717, 1.165) is 43.5 Å². The van der Waals surface area contributed by atoms with Gasteiger partial charge in [-0.25, -0.2) is 4.68 Å². The molecule has 30 heavy (non-hydrogen) atoms. The highest BCUT2D eigenvalue weighted by molar-refractivity contribution is 5.99. The molecular formula is C25H27N3O2. The predicted octanol–water partition coefficient (Wildman–Crippen LogP) is 4.16. The number of hydrogen-bond donors (Lipinski definition) is 0. The Bertz CT molecular complexity index is 1040. The van der Waals surface area contributed by atoms with E-state index in [2.05, 4.69) is 48.4 Å². The molecule has 0 radical (unpaired) electrons. The van der Waals surface area contributed by atoms with Crippen molar-refractivity contribution in [1.29, 1.82) is 0 Å². The van der Waals surface area contributed by atoms with E-state index in [9.17, 15) is 4.79 Å². The summed E-state index contributed by atoms with van der Waals surface area (Å²) in [6, 6.07) is 15.0. The SMILES string of the molecule is CCc1cc2c(cc1Cc1ccc(-n3cccn3)cc1)C(=O)N(C1CCCOC1)C2. The van der Waals surface area contributed by atoms with E-state index >= 15 is 0 Å². The Labute approximate surface area is 177 Å². The van der Waals surface area contributed by atoms with Gasteiger partial charge in [-0.15, -0.1) is 0 Å². The van der Waals surface area contributed by atoms with Crippen molar-refractivity contribution in [2.24, 2.45) is 0 Å². The average Bonchev–Trinajstić information content (AvgIpc) is 3.43. The Kier molecular flexibility index (Phi) is 5.13. The minimum absolute atomic E-state index is 0.165. The first-order valence-corrected chi connectivity index (χ1v) is 10.9. The molecule has 154 valence electrons. The van der Waals surface area contributed by atoms with E-state index < -0.39 is 0 Å². The van der Waals surface area contributed by atoms with E-state index in [0.29, 0.717) is 13.2 Å². The highest BCUT2D eigenvalue weighted by Crippen LogP contribution is 2.31. The topological polar surface area (TPSA) is 47.4 Å². The number of carbonyl (C=O) groups is 1. The van der Waals surface area contributed by atoms with Crippen molar-refractivity contribution >= 4 is 5.91 Å². The largest absolute Gasteiger partial charge is 0.379 e. The maximum Gasteiger partial charge on any atom is 0.254 e. The van der Waals surface area contributed by atoms with E-state index in [1.165, 1.54) is 22.3 Å². The number of aryl methyl sites for hydroxylation is 1. The third kappa shape index (κ3) is 3.54. The van der Waals surface area contributed by atoms with Crippen LogP contribution in [0.5, 0.6) is 0 Å². The van der Waals surface area contributed by atoms with Crippen LogP contribution in [0.1, 0.15) is 52.4 Å². The van der Waals surface area contributed by atoms with Gasteiger partial charge in [0, 0.05) is 31.1 Å². The second-order valence-corrected chi connectivity index (χ2v) is 8.23. The van der Waals surface area contributed by atoms with E-state index in [-0.39, 0.29) is 11.9 Å². The Morgan fingerprint density at radius 2 is 2.03 bits per heavy atom. The standard InChI is InChI=1S/C25H27N3O2/c1-2-19-14-21-16-27(23-5-3-12-30-17-23)25(29)24(21)15-20(19)13-18-6-8-22(9-7-18)28-11-4-10-26-28/h4,6-11,14-15,23H,2-3,5,12-13,16-17H2,1H3. The van der Waals surface area contributed by atoms with Gasteiger partial charge in [0.25, 0.3) is 5.91 Å². The Hall–Kier alpha value is -2.92. The first kappa shape index (κ1) is 19.1. The van der Waals surface area contributed by atoms with Crippen molar-refractivity contribution in [1.82, 2.24) is 14.7 Å². The summed E-state index contributed by atoms with van der Waals surface area (Å²) in [5.74, 6) is 0.165. The molecule has 1 atom stereocenters. The van der Waals surface area contributed by atoms with Crippen LogP contribution >= 0.6 is 0 Å². The molecule has 1 amide bonds. The molecule has 2 aliphatic rings. The minimum Gasteiger partial charge on any atom is -0.379 e. The van der Waals surface area contributed by atoms with Crippen LogP contribution in [-0.2, 0) is 24.1 Å². The van der Waals surface area contributed by atoms with Gasteiger partial charge in [0.1, 0.15) is 0 Å². The molecule has 0 N–H and O–H groups in total. The summed E-state index contributed by atoms with van der Waals surface area (Å²) in [4.78, 5) is 15.2. The molecule has 1 fully saturated rings. The Morgan fingerprint density at radius 1 is 1.17 bits per heavy atom. The van der Waals surface area contributed by atoms with Crippen LogP contribution in [0.3, 0.4) is 0 Å². The molecule has 2 aromatic carbocycles. The fourth-order valence-electron chi connectivity index (χ4n) is 4.65. The molecule has 1 unspecified atom stereocenters. The van der Waals surface area contributed by atoms with Crippen LogP contribution in [0.4, 0.5) is 0 Å². The summed E-state index contributed by atoms with van der Waals surface area (Å²) in [5.41, 5.74) is 6.91. The quantitative estimate of drug-likeness (QED) is 0.645. The zero-order valence-electron chi connectivity index (χ0n) is 17.4. The third-order valence-corrected chi connectivity index (χ3v) is 6.32. The van der Waals surface area contributed by atoms with Crippen LogP contribution in [0, 0.1) is 0 Å². The highest BCUT2D eigenvalue weighted by Gasteiger charge is 2.34. The summed E-state index contributed by atoms with van der Waals surface area (Å²) >= 11 is 0. The summed E-state index contributed by atoms with van der Waals surface area (Å²) in [5, 5.41) is 4.29. The number of rotatable bonds is 5. The molecular weight excluding hydrogens is 374 g/mol. The molecule has 5 nitrogen and oxygen atoms in total. The first-order chi connectivity index (χ1) is 14.7. The number of aromatic nitrogens is 2. The maximum atomic E-state index is 13.1. The van der Waals surface area contributed by atoms with E-state index in [4.69, 9.17) is 4.74 Å². The maximum absolute atomic E-state index is 13.1. The lowest BCUT2D eigenvalue weighted by atomic mass is 9.93. The van der Waals surface area contributed by atoms with Crippen molar-refractivity contribution in [3.63, 3.8) is 0 Å². The van der Waals surface area contributed by atoms with Gasteiger partial charge in [0.15, 0.2) is 0 Å². The highest BCUT2D eigenvalue weighted by atomic mass is 16.5. The molecule has 2 aliphatic heterocycles. The fourth-order valence-corrected chi connectivity index (χ4v) is 4.65. The molecule has 0 aliphatic carbocycles. The number of fused-ring (bicyclic) bond motifs is 1. The van der Waals surface area contributed by atoms with Crippen LogP contribution in [0.15, 0.2) is 54.9 Å². The van der Waals surface area contributed by atoms with Crippen molar-refractivity contribution in [2.75, 3.05) is 13.2 Å². The summed E-state index contributed by atoms with van der Waals surface area (Å²) < 4.78 is 7.49. The lowest BCUT2D eigenvalue weighted by Crippen LogP contribution is -2.41. The lowest BCUT2D eigenvalue weighted by Gasteiger charge is -2.30. The van der Waals surface area contributed by atoms with Gasteiger partial charge in [-0.05, 0) is 72.2 Å². The van der Waals surface area contributed by atoms with Crippen LogP contribution in [-0.4, -0.2) is 39.8 Å². The second kappa shape index (κ2) is 8.07. The minimum atomic E-state index is 0.165. The normalized spacial score (nSPS) is 18.6. The van der Waals surface area contributed by atoms with Gasteiger partial charge in [0.05, 0.1) is 18.3 Å². The predicted molar refractivity (Wildman–Crippen MR) is 116 cm³/mol. The second-order valence-electron chi connectivity index (χ2n) is 8.23. The summed E-state index contributed by atoms with van der Waals surface area (Å²) in [6.07, 6.45) is 7.59. The molecule has 0 bridgehead atoms. The molecule has 5 heteroatoms. The lowest BCUT2D eigenvalue weighted by molar-refractivity contribution is 0.0179. The number of hydrogen-bond acceptors (Lipinski definition) is 3. The Morgan fingerprint density at radius 3 is 2.73 bits per heavy atom. The third-order valence-electron chi connectivity index (χ3n) is 6.32. The molecule has 1 aromatic heterocycles.